The third-order valence-corrected chi connectivity index (χ3v) is 2.76. The number of anilines is 1. The number of carboxylic acids is 1. The summed E-state index contributed by atoms with van der Waals surface area (Å²) in [4.78, 5) is 22.4. The molecule has 2 aromatic carbocycles. The number of carbonyl (C=O) groups is 2. The van der Waals surface area contributed by atoms with Gasteiger partial charge >= 0.3 is 5.97 Å². The SMILES string of the molecule is O=C(Cc1ccc(F)c(F)c1)Nc1ccc(C(=O)O)cc1. The van der Waals surface area contributed by atoms with E-state index >= 15 is 0 Å². The largest absolute Gasteiger partial charge is 0.478 e. The zero-order valence-corrected chi connectivity index (χ0v) is 10.8. The van der Waals surface area contributed by atoms with Crippen molar-refractivity contribution in [3.63, 3.8) is 0 Å². The Morgan fingerprint density at radius 2 is 1.67 bits per heavy atom. The molecule has 0 radical (unpaired) electrons. The summed E-state index contributed by atoms with van der Waals surface area (Å²) in [7, 11) is 0. The molecule has 2 rings (SSSR count). The molecule has 0 aliphatic rings. The maximum absolute atomic E-state index is 13.0. The first-order chi connectivity index (χ1) is 9.95. The molecule has 108 valence electrons. The molecule has 0 unspecified atom stereocenters. The van der Waals surface area contributed by atoms with Crippen LogP contribution in [0.3, 0.4) is 0 Å². The zero-order valence-electron chi connectivity index (χ0n) is 10.8. The van der Waals surface area contributed by atoms with E-state index in [1.54, 1.807) is 0 Å². The number of hydrogen-bond acceptors (Lipinski definition) is 2. The lowest BCUT2D eigenvalue weighted by molar-refractivity contribution is -0.115. The molecule has 2 N–H and O–H groups in total. The summed E-state index contributed by atoms with van der Waals surface area (Å²) in [5, 5.41) is 11.3. The number of halogens is 2. The zero-order chi connectivity index (χ0) is 15.4. The van der Waals surface area contributed by atoms with Crippen LogP contribution in [0.1, 0.15) is 15.9 Å². The second-order valence-corrected chi connectivity index (χ2v) is 4.36. The van der Waals surface area contributed by atoms with E-state index in [1.807, 2.05) is 0 Å². The highest BCUT2D eigenvalue weighted by atomic mass is 19.2. The summed E-state index contributed by atoms with van der Waals surface area (Å²) < 4.78 is 25.8. The molecule has 0 heterocycles. The first-order valence-electron chi connectivity index (χ1n) is 6.03. The van der Waals surface area contributed by atoms with Crippen molar-refractivity contribution in [1.82, 2.24) is 0 Å². The lowest BCUT2D eigenvalue weighted by Gasteiger charge is -2.06. The molecule has 0 saturated heterocycles. The van der Waals surface area contributed by atoms with Gasteiger partial charge in [0.1, 0.15) is 0 Å². The Labute approximate surface area is 119 Å². The monoisotopic (exact) mass is 291 g/mol. The normalized spacial score (nSPS) is 10.2. The van der Waals surface area contributed by atoms with Crippen LogP contribution in [-0.2, 0) is 11.2 Å². The molecule has 0 saturated carbocycles. The summed E-state index contributed by atoms with van der Waals surface area (Å²) in [5.74, 6) is -3.45. The highest BCUT2D eigenvalue weighted by molar-refractivity contribution is 5.93. The van der Waals surface area contributed by atoms with Crippen molar-refractivity contribution in [2.75, 3.05) is 5.32 Å². The van der Waals surface area contributed by atoms with E-state index in [1.165, 1.54) is 30.3 Å². The number of carboxylic acid groups (broad SMARTS) is 1. The molecule has 21 heavy (non-hydrogen) atoms. The Hall–Kier alpha value is -2.76. The van der Waals surface area contributed by atoms with E-state index in [2.05, 4.69) is 5.32 Å². The molecule has 0 aromatic heterocycles. The third kappa shape index (κ3) is 3.85. The predicted octanol–water partition coefficient (Wildman–Crippen LogP) is 2.84. The topological polar surface area (TPSA) is 66.4 Å². The average Bonchev–Trinajstić information content (AvgIpc) is 2.43. The van der Waals surface area contributed by atoms with Gasteiger partial charge in [-0.3, -0.25) is 4.79 Å². The fourth-order valence-corrected chi connectivity index (χ4v) is 1.74. The van der Waals surface area contributed by atoms with Crippen LogP contribution in [0.2, 0.25) is 0 Å². The maximum Gasteiger partial charge on any atom is 0.335 e. The van der Waals surface area contributed by atoms with Crippen molar-refractivity contribution < 1.29 is 23.5 Å². The van der Waals surface area contributed by atoms with Crippen molar-refractivity contribution >= 4 is 17.6 Å². The maximum atomic E-state index is 13.0. The van der Waals surface area contributed by atoms with Gasteiger partial charge in [-0.1, -0.05) is 6.07 Å². The van der Waals surface area contributed by atoms with Crippen LogP contribution in [0.15, 0.2) is 42.5 Å². The van der Waals surface area contributed by atoms with Gasteiger partial charge in [0.05, 0.1) is 12.0 Å². The van der Waals surface area contributed by atoms with Crippen LogP contribution < -0.4 is 5.32 Å². The molecule has 0 aliphatic carbocycles. The van der Waals surface area contributed by atoms with Gasteiger partial charge in [-0.25, -0.2) is 13.6 Å². The van der Waals surface area contributed by atoms with E-state index < -0.39 is 23.5 Å². The van der Waals surface area contributed by atoms with E-state index in [-0.39, 0.29) is 12.0 Å². The fourth-order valence-electron chi connectivity index (χ4n) is 1.74. The molecule has 6 heteroatoms. The van der Waals surface area contributed by atoms with Gasteiger partial charge in [0.2, 0.25) is 5.91 Å². The fraction of sp³-hybridized carbons (Fsp3) is 0.0667. The molecule has 0 fully saturated rings. The molecule has 0 atom stereocenters. The molecule has 2 aromatic rings. The summed E-state index contributed by atoms with van der Waals surface area (Å²) in [5.41, 5.74) is 0.870. The summed E-state index contributed by atoms with van der Waals surface area (Å²) in [6.45, 7) is 0. The number of rotatable bonds is 4. The van der Waals surface area contributed by atoms with Crippen LogP contribution in [0.5, 0.6) is 0 Å². The van der Waals surface area contributed by atoms with Crippen LogP contribution in [0, 0.1) is 11.6 Å². The molecule has 0 spiro atoms. The Morgan fingerprint density at radius 1 is 1.00 bits per heavy atom. The Balaban J connectivity index is 2.01. The van der Waals surface area contributed by atoms with Crippen molar-refractivity contribution in [1.29, 1.82) is 0 Å². The smallest absolute Gasteiger partial charge is 0.335 e. The molecule has 4 nitrogen and oxygen atoms in total. The molecule has 1 amide bonds. The van der Waals surface area contributed by atoms with Crippen LogP contribution >= 0.6 is 0 Å². The minimum atomic E-state index is -1.06. The van der Waals surface area contributed by atoms with Crippen molar-refractivity contribution in [2.45, 2.75) is 6.42 Å². The number of benzene rings is 2. The highest BCUT2D eigenvalue weighted by Crippen LogP contribution is 2.12. The second-order valence-electron chi connectivity index (χ2n) is 4.36. The Morgan fingerprint density at radius 3 is 2.24 bits per heavy atom. The number of nitrogens with one attached hydrogen (secondary N) is 1. The van der Waals surface area contributed by atoms with Crippen LogP contribution in [0.4, 0.5) is 14.5 Å². The number of amides is 1. The average molecular weight is 291 g/mol. The van der Waals surface area contributed by atoms with Gasteiger partial charge in [0, 0.05) is 5.69 Å². The minimum Gasteiger partial charge on any atom is -0.478 e. The van der Waals surface area contributed by atoms with Crippen LogP contribution in [0.25, 0.3) is 0 Å². The Kier molecular flexibility index (Phi) is 4.27. The number of aromatic carboxylic acids is 1. The predicted molar refractivity (Wildman–Crippen MR) is 72.1 cm³/mol. The van der Waals surface area contributed by atoms with Gasteiger partial charge in [-0.2, -0.15) is 0 Å². The molecule has 0 aliphatic heterocycles. The van der Waals surface area contributed by atoms with E-state index in [9.17, 15) is 18.4 Å². The van der Waals surface area contributed by atoms with Gasteiger partial charge in [-0.15, -0.1) is 0 Å². The third-order valence-electron chi connectivity index (χ3n) is 2.76. The van der Waals surface area contributed by atoms with Crippen molar-refractivity contribution in [3.8, 4) is 0 Å². The molecular weight excluding hydrogens is 280 g/mol. The first-order valence-corrected chi connectivity index (χ1v) is 6.03. The van der Waals surface area contributed by atoms with E-state index in [0.717, 1.165) is 12.1 Å². The summed E-state index contributed by atoms with van der Waals surface area (Å²) >= 11 is 0. The Bertz CT molecular complexity index is 684. The van der Waals surface area contributed by atoms with Crippen molar-refractivity contribution in [2.24, 2.45) is 0 Å². The van der Waals surface area contributed by atoms with Crippen LogP contribution in [-0.4, -0.2) is 17.0 Å². The summed E-state index contributed by atoms with van der Waals surface area (Å²) in [6.07, 6.45) is -0.113. The van der Waals surface area contributed by atoms with Crippen molar-refractivity contribution in [3.05, 3.63) is 65.2 Å². The van der Waals surface area contributed by atoms with Gasteiger partial charge in [-0.05, 0) is 42.0 Å². The van der Waals surface area contributed by atoms with E-state index in [0.29, 0.717) is 11.3 Å². The molecular formula is C15H11F2NO3. The van der Waals surface area contributed by atoms with Gasteiger partial charge in [0.15, 0.2) is 11.6 Å². The number of hydrogen-bond donors (Lipinski definition) is 2. The highest BCUT2D eigenvalue weighted by Gasteiger charge is 2.08. The van der Waals surface area contributed by atoms with Gasteiger partial charge < -0.3 is 10.4 Å². The number of carbonyl (C=O) groups excluding carboxylic acids is 1. The quantitative estimate of drug-likeness (QED) is 0.910. The molecule has 0 bridgehead atoms. The summed E-state index contributed by atoms with van der Waals surface area (Å²) in [6, 6.07) is 8.86. The first kappa shape index (κ1) is 14.6. The lowest BCUT2D eigenvalue weighted by atomic mass is 10.1. The minimum absolute atomic E-state index is 0.105. The standard InChI is InChI=1S/C15H11F2NO3/c16-12-6-1-9(7-13(12)17)8-14(19)18-11-4-2-10(3-5-11)15(20)21/h1-7H,8H2,(H,18,19)(H,20,21). The van der Waals surface area contributed by atoms with E-state index in [4.69, 9.17) is 5.11 Å². The van der Waals surface area contributed by atoms with Gasteiger partial charge in [0.25, 0.3) is 0 Å². The lowest BCUT2D eigenvalue weighted by Crippen LogP contribution is -2.14. The second kappa shape index (κ2) is 6.13.